The Morgan fingerprint density at radius 3 is 2.31 bits per heavy atom. The van der Waals surface area contributed by atoms with Crippen molar-refractivity contribution in [1.82, 2.24) is 0 Å². The number of alkyl halides is 2. The van der Waals surface area contributed by atoms with Gasteiger partial charge in [-0.15, -0.1) is 0 Å². The highest BCUT2D eigenvalue weighted by molar-refractivity contribution is 5.69. The summed E-state index contributed by atoms with van der Waals surface area (Å²) in [5.74, 6) is 0.238. The van der Waals surface area contributed by atoms with Crippen molar-refractivity contribution in [1.29, 1.82) is 0 Å². The van der Waals surface area contributed by atoms with Crippen LogP contribution in [0.1, 0.15) is 58.4 Å². The van der Waals surface area contributed by atoms with Crippen molar-refractivity contribution >= 4 is 5.97 Å². The molecule has 1 saturated heterocycles. The minimum Gasteiger partial charge on any atom is -0.463 e. The lowest BCUT2D eigenvalue weighted by Crippen LogP contribution is -2.18. The first-order valence-electron chi connectivity index (χ1n) is 9.23. The van der Waals surface area contributed by atoms with Gasteiger partial charge < -0.3 is 9.84 Å². The molecular formula is C20H31F3O3. The zero-order chi connectivity index (χ0) is 19.9. The van der Waals surface area contributed by atoms with Crippen molar-refractivity contribution in [3.8, 4) is 0 Å². The molecule has 1 aliphatic rings. The van der Waals surface area contributed by atoms with E-state index < -0.39 is 13.0 Å². The zero-order valence-corrected chi connectivity index (χ0v) is 15.9. The van der Waals surface area contributed by atoms with E-state index in [1.165, 1.54) is 12.1 Å². The lowest BCUT2D eigenvalue weighted by atomic mass is 9.89. The number of ether oxygens (including phenoxy) is 1. The van der Waals surface area contributed by atoms with Crippen LogP contribution in [0.2, 0.25) is 0 Å². The van der Waals surface area contributed by atoms with Gasteiger partial charge in [-0.2, -0.15) is 0 Å². The molecule has 6 heteroatoms. The number of benzene rings is 1. The Morgan fingerprint density at radius 2 is 1.77 bits per heavy atom. The highest BCUT2D eigenvalue weighted by atomic mass is 19.3. The van der Waals surface area contributed by atoms with Crippen molar-refractivity contribution in [2.75, 3.05) is 6.61 Å². The second kappa shape index (κ2) is 14.6. The summed E-state index contributed by atoms with van der Waals surface area (Å²) in [6.07, 6.45) is 2.86. The third kappa shape index (κ3) is 11.9. The summed E-state index contributed by atoms with van der Waals surface area (Å²) >= 11 is 0. The van der Waals surface area contributed by atoms with Gasteiger partial charge in [-0.1, -0.05) is 32.4 Å². The van der Waals surface area contributed by atoms with E-state index in [1.54, 1.807) is 0 Å². The van der Waals surface area contributed by atoms with E-state index in [-0.39, 0.29) is 17.9 Å². The second-order valence-corrected chi connectivity index (χ2v) is 6.05. The van der Waals surface area contributed by atoms with E-state index in [4.69, 9.17) is 9.84 Å². The summed E-state index contributed by atoms with van der Waals surface area (Å²) in [6, 6.07) is 6.71. The van der Waals surface area contributed by atoms with Crippen LogP contribution in [0.3, 0.4) is 0 Å². The van der Waals surface area contributed by atoms with Crippen LogP contribution in [0, 0.1) is 11.7 Å². The molecule has 0 bridgehead atoms. The van der Waals surface area contributed by atoms with Gasteiger partial charge in [-0.05, 0) is 56.2 Å². The largest absolute Gasteiger partial charge is 0.463 e. The van der Waals surface area contributed by atoms with Gasteiger partial charge >= 0.3 is 5.97 Å². The van der Waals surface area contributed by atoms with Crippen LogP contribution in [0.15, 0.2) is 24.3 Å². The molecule has 0 saturated carbocycles. The molecule has 1 fully saturated rings. The molecule has 150 valence electrons. The number of esters is 1. The van der Waals surface area contributed by atoms with E-state index in [0.717, 1.165) is 37.7 Å². The number of aliphatic hydroxyl groups excluding tert-OH is 1. The number of hydrogen-bond acceptors (Lipinski definition) is 3. The number of hydrogen-bond donors (Lipinski definition) is 1. The van der Waals surface area contributed by atoms with Crippen LogP contribution in [0.4, 0.5) is 13.2 Å². The van der Waals surface area contributed by atoms with E-state index in [1.807, 2.05) is 32.9 Å². The van der Waals surface area contributed by atoms with Gasteiger partial charge in [0.2, 0.25) is 0 Å². The summed E-state index contributed by atoms with van der Waals surface area (Å²) in [6.45, 7) is 4.93. The van der Waals surface area contributed by atoms with Gasteiger partial charge in [0.15, 0.2) is 0 Å². The average Bonchev–Trinajstić information content (AvgIpc) is 2.69. The maximum atomic E-state index is 12.9. The Balaban J connectivity index is 0.000000772. The van der Waals surface area contributed by atoms with Crippen molar-refractivity contribution in [3.63, 3.8) is 0 Å². The van der Waals surface area contributed by atoms with Crippen molar-refractivity contribution in [2.24, 2.45) is 5.92 Å². The van der Waals surface area contributed by atoms with Crippen molar-refractivity contribution in [2.45, 2.75) is 71.8 Å². The molecule has 0 radical (unpaired) electrons. The molecule has 1 heterocycles. The Hall–Kier alpha value is -1.56. The summed E-state index contributed by atoms with van der Waals surface area (Å²) in [4.78, 5) is 11.4. The SMILES string of the molecule is CC.CC1CC(Cc2ccc(F)cc2)CCCCC(=O)O1.OCC(F)F. The van der Waals surface area contributed by atoms with Crippen LogP contribution in [-0.4, -0.2) is 30.2 Å². The van der Waals surface area contributed by atoms with Gasteiger partial charge in [-0.25, -0.2) is 13.2 Å². The minimum atomic E-state index is -2.56. The van der Waals surface area contributed by atoms with E-state index in [0.29, 0.717) is 12.3 Å². The van der Waals surface area contributed by atoms with Crippen molar-refractivity contribution in [3.05, 3.63) is 35.6 Å². The number of carbonyl (C=O) groups is 1. The lowest BCUT2D eigenvalue weighted by Gasteiger charge is -2.19. The first-order valence-corrected chi connectivity index (χ1v) is 9.23. The highest BCUT2D eigenvalue weighted by Gasteiger charge is 2.19. The molecule has 3 nitrogen and oxygen atoms in total. The van der Waals surface area contributed by atoms with E-state index in [9.17, 15) is 18.0 Å². The van der Waals surface area contributed by atoms with Crippen LogP contribution in [-0.2, 0) is 16.0 Å². The van der Waals surface area contributed by atoms with Gasteiger partial charge in [0, 0.05) is 6.42 Å². The third-order valence-corrected chi connectivity index (χ3v) is 3.82. The standard InChI is InChI=1S/C16H21FO2.C2H4F2O.C2H6/c1-12-10-14(4-2-3-5-16(18)19-12)11-13-6-8-15(17)9-7-13;3-2(4)1-5;1-2/h6-9,12,14H,2-5,10-11H2,1H3;2,5H,1H2;1-2H3. The smallest absolute Gasteiger partial charge is 0.306 e. The zero-order valence-electron chi connectivity index (χ0n) is 15.9. The second-order valence-electron chi connectivity index (χ2n) is 6.05. The fourth-order valence-electron chi connectivity index (χ4n) is 2.76. The number of rotatable bonds is 3. The van der Waals surface area contributed by atoms with Gasteiger partial charge in [-0.3, -0.25) is 4.79 Å². The molecule has 2 atom stereocenters. The molecule has 1 aromatic rings. The summed E-state index contributed by atoms with van der Waals surface area (Å²) in [5.41, 5.74) is 1.16. The third-order valence-electron chi connectivity index (χ3n) is 3.82. The van der Waals surface area contributed by atoms with Gasteiger partial charge in [0.25, 0.3) is 6.43 Å². The quantitative estimate of drug-likeness (QED) is 0.742. The molecule has 2 rings (SSSR count). The maximum absolute atomic E-state index is 12.9. The molecule has 2 unspecified atom stereocenters. The fraction of sp³-hybridized carbons (Fsp3) is 0.650. The number of cyclic esters (lactones) is 1. The van der Waals surface area contributed by atoms with Crippen LogP contribution in [0.25, 0.3) is 0 Å². The Bertz CT molecular complexity index is 478. The maximum Gasteiger partial charge on any atom is 0.306 e. The predicted octanol–water partition coefficient (Wildman–Crippen LogP) is 5.15. The molecule has 1 aromatic carbocycles. The van der Waals surface area contributed by atoms with Crippen LogP contribution < -0.4 is 0 Å². The van der Waals surface area contributed by atoms with Crippen LogP contribution >= 0.6 is 0 Å². The molecule has 1 N–H and O–H groups in total. The number of carbonyl (C=O) groups excluding carboxylic acids is 1. The normalized spacial score (nSPS) is 20.4. The monoisotopic (exact) mass is 376 g/mol. The van der Waals surface area contributed by atoms with Gasteiger partial charge in [0.05, 0.1) is 6.10 Å². The number of halogens is 3. The first kappa shape index (κ1) is 24.4. The lowest BCUT2D eigenvalue weighted by molar-refractivity contribution is -0.148. The topological polar surface area (TPSA) is 46.5 Å². The molecule has 0 amide bonds. The van der Waals surface area contributed by atoms with E-state index in [2.05, 4.69) is 0 Å². The molecular weight excluding hydrogens is 345 g/mol. The Labute approximate surface area is 154 Å². The Kier molecular flexibility index (Phi) is 13.7. The van der Waals surface area contributed by atoms with Crippen molar-refractivity contribution < 1.29 is 27.8 Å². The molecule has 26 heavy (non-hydrogen) atoms. The summed E-state index contributed by atoms with van der Waals surface area (Å²) in [7, 11) is 0. The molecule has 0 spiro atoms. The summed E-state index contributed by atoms with van der Waals surface area (Å²) < 4.78 is 39.3. The molecule has 1 aliphatic heterocycles. The number of aliphatic hydroxyl groups is 1. The fourth-order valence-corrected chi connectivity index (χ4v) is 2.76. The molecule has 0 aromatic heterocycles. The van der Waals surface area contributed by atoms with Gasteiger partial charge in [0.1, 0.15) is 12.4 Å². The average molecular weight is 376 g/mol. The first-order chi connectivity index (χ1) is 12.4. The minimum absolute atomic E-state index is 0.0175. The summed E-state index contributed by atoms with van der Waals surface area (Å²) in [5, 5.41) is 7.39. The predicted molar refractivity (Wildman–Crippen MR) is 96.7 cm³/mol. The van der Waals surface area contributed by atoms with E-state index >= 15 is 0 Å². The Morgan fingerprint density at radius 1 is 1.19 bits per heavy atom. The molecule has 0 aliphatic carbocycles. The van der Waals surface area contributed by atoms with Crippen LogP contribution in [0.5, 0.6) is 0 Å². The highest BCUT2D eigenvalue weighted by Crippen LogP contribution is 2.24.